The number of carbonyl (C=O) groups is 2. The first-order valence-corrected chi connectivity index (χ1v) is 11.7. The van der Waals surface area contributed by atoms with E-state index in [1.54, 1.807) is 6.20 Å². The van der Waals surface area contributed by atoms with Crippen LogP contribution in [0.5, 0.6) is 0 Å². The third kappa shape index (κ3) is 4.56. The van der Waals surface area contributed by atoms with Crippen molar-refractivity contribution in [2.45, 2.75) is 32.6 Å². The molecule has 3 heterocycles. The van der Waals surface area contributed by atoms with Crippen molar-refractivity contribution in [2.24, 2.45) is 11.3 Å². The first kappa shape index (κ1) is 21.4. The number of piperidine rings is 1. The normalized spacial score (nSPS) is 18.8. The standard InChI is InChI=1S/C27H29N3O3/c1-19-5-10-24(33-19)20-6-8-21(9-7-20)26(32)30-16-12-27(13-17-30)18-23(27)25(31)29-15-11-22-4-2-3-14-28-22/h2-10,14,23H,11-13,15-18H2,1H3,(H,29,31). The van der Waals surface area contributed by atoms with Gasteiger partial charge in [-0.15, -0.1) is 0 Å². The fraction of sp³-hybridized carbons (Fsp3) is 0.370. The van der Waals surface area contributed by atoms with Crippen molar-refractivity contribution < 1.29 is 14.0 Å². The summed E-state index contributed by atoms with van der Waals surface area (Å²) >= 11 is 0. The van der Waals surface area contributed by atoms with Gasteiger partial charge in [-0.05, 0) is 68.0 Å². The summed E-state index contributed by atoms with van der Waals surface area (Å²) in [5.74, 6) is 1.96. The zero-order valence-corrected chi connectivity index (χ0v) is 18.9. The first-order valence-electron chi connectivity index (χ1n) is 11.7. The van der Waals surface area contributed by atoms with Crippen molar-refractivity contribution in [1.29, 1.82) is 0 Å². The Bertz CT molecular complexity index is 1130. The Labute approximate surface area is 194 Å². The maximum atomic E-state index is 13.0. The van der Waals surface area contributed by atoms with E-state index < -0.39 is 0 Å². The molecule has 1 unspecified atom stereocenters. The number of amides is 2. The number of aromatic nitrogens is 1. The van der Waals surface area contributed by atoms with Gasteiger partial charge in [0.05, 0.1) is 0 Å². The summed E-state index contributed by atoms with van der Waals surface area (Å²) < 4.78 is 5.66. The largest absolute Gasteiger partial charge is 0.461 e. The molecule has 2 aliphatic rings. The molecule has 1 N–H and O–H groups in total. The second-order valence-corrected chi connectivity index (χ2v) is 9.26. The lowest BCUT2D eigenvalue weighted by atomic mass is 9.90. The molecule has 2 aromatic heterocycles. The van der Waals surface area contributed by atoms with Gasteiger partial charge in [0, 0.05) is 55.0 Å². The Balaban J connectivity index is 1.10. The summed E-state index contributed by atoms with van der Waals surface area (Å²) in [6.45, 7) is 3.94. The van der Waals surface area contributed by atoms with Gasteiger partial charge in [-0.1, -0.05) is 18.2 Å². The van der Waals surface area contributed by atoms with Crippen molar-refractivity contribution in [3.8, 4) is 11.3 Å². The molecule has 1 spiro atoms. The lowest BCUT2D eigenvalue weighted by molar-refractivity contribution is -0.123. The van der Waals surface area contributed by atoms with Crippen LogP contribution in [0, 0.1) is 18.3 Å². The molecule has 1 atom stereocenters. The maximum absolute atomic E-state index is 13.0. The number of hydrogen-bond acceptors (Lipinski definition) is 4. The zero-order chi connectivity index (χ0) is 22.8. The molecule has 1 saturated carbocycles. The van der Waals surface area contributed by atoms with Crippen molar-refractivity contribution in [2.75, 3.05) is 19.6 Å². The molecule has 6 heteroatoms. The molecule has 1 aromatic carbocycles. The topological polar surface area (TPSA) is 75.4 Å². The average molecular weight is 444 g/mol. The summed E-state index contributed by atoms with van der Waals surface area (Å²) in [5, 5.41) is 3.08. The second kappa shape index (κ2) is 8.85. The van der Waals surface area contributed by atoms with Crippen LogP contribution in [-0.2, 0) is 11.2 Å². The molecular formula is C27H29N3O3. The highest BCUT2D eigenvalue weighted by molar-refractivity contribution is 5.94. The van der Waals surface area contributed by atoms with Crippen LogP contribution in [0.4, 0.5) is 0 Å². The highest BCUT2D eigenvalue weighted by atomic mass is 16.3. The van der Waals surface area contributed by atoms with E-state index in [-0.39, 0.29) is 23.1 Å². The molecule has 2 fully saturated rings. The van der Waals surface area contributed by atoms with Crippen molar-refractivity contribution in [3.63, 3.8) is 0 Å². The Morgan fingerprint density at radius 2 is 1.88 bits per heavy atom. The fourth-order valence-electron chi connectivity index (χ4n) is 4.96. The molecule has 0 radical (unpaired) electrons. The Kier molecular flexibility index (Phi) is 5.75. The summed E-state index contributed by atoms with van der Waals surface area (Å²) in [7, 11) is 0. The van der Waals surface area contributed by atoms with Gasteiger partial charge in [-0.3, -0.25) is 14.6 Å². The predicted octanol–water partition coefficient (Wildman–Crippen LogP) is 4.25. The second-order valence-electron chi connectivity index (χ2n) is 9.26. The molecule has 1 aliphatic heterocycles. The number of aryl methyl sites for hydroxylation is 1. The van der Waals surface area contributed by atoms with E-state index in [0.29, 0.717) is 25.2 Å². The maximum Gasteiger partial charge on any atom is 0.253 e. The van der Waals surface area contributed by atoms with Crippen LogP contribution < -0.4 is 5.32 Å². The molecule has 0 bridgehead atoms. The molecule has 6 nitrogen and oxygen atoms in total. The summed E-state index contributed by atoms with van der Waals surface area (Å²) in [5.41, 5.74) is 2.72. The Morgan fingerprint density at radius 3 is 2.55 bits per heavy atom. The molecule has 170 valence electrons. The Hall–Kier alpha value is -3.41. The third-order valence-corrected chi connectivity index (χ3v) is 7.12. The highest BCUT2D eigenvalue weighted by Gasteiger charge is 2.58. The van der Waals surface area contributed by atoms with Crippen LogP contribution in [-0.4, -0.2) is 41.3 Å². The van der Waals surface area contributed by atoms with Gasteiger partial charge in [-0.25, -0.2) is 0 Å². The monoisotopic (exact) mass is 443 g/mol. The van der Waals surface area contributed by atoms with Crippen LogP contribution in [0.25, 0.3) is 11.3 Å². The summed E-state index contributed by atoms with van der Waals surface area (Å²) in [6.07, 6.45) is 5.23. The molecule has 33 heavy (non-hydrogen) atoms. The molecule has 2 amide bonds. The van der Waals surface area contributed by atoms with E-state index in [1.165, 1.54) is 0 Å². The highest BCUT2D eigenvalue weighted by Crippen LogP contribution is 2.59. The van der Waals surface area contributed by atoms with Crippen LogP contribution in [0.2, 0.25) is 0 Å². The minimum absolute atomic E-state index is 0.0593. The number of nitrogens with one attached hydrogen (secondary N) is 1. The van der Waals surface area contributed by atoms with E-state index in [1.807, 2.05) is 66.4 Å². The van der Waals surface area contributed by atoms with Crippen LogP contribution in [0.3, 0.4) is 0 Å². The van der Waals surface area contributed by atoms with Gasteiger partial charge >= 0.3 is 0 Å². The van der Waals surface area contributed by atoms with Crippen LogP contribution in [0.1, 0.15) is 41.1 Å². The number of carbonyl (C=O) groups excluding carboxylic acids is 2. The van der Waals surface area contributed by atoms with Crippen LogP contribution in [0.15, 0.2) is 65.2 Å². The molecular weight excluding hydrogens is 414 g/mol. The number of hydrogen-bond donors (Lipinski definition) is 1. The van der Waals surface area contributed by atoms with Crippen molar-refractivity contribution in [1.82, 2.24) is 15.2 Å². The minimum atomic E-state index is 0.0593. The van der Waals surface area contributed by atoms with Gasteiger partial charge in [-0.2, -0.15) is 0 Å². The predicted molar refractivity (Wildman–Crippen MR) is 126 cm³/mol. The number of benzene rings is 1. The van der Waals surface area contributed by atoms with Crippen LogP contribution >= 0.6 is 0 Å². The van der Waals surface area contributed by atoms with Gasteiger partial charge in [0.1, 0.15) is 11.5 Å². The van der Waals surface area contributed by atoms with Gasteiger partial charge in [0.25, 0.3) is 5.91 Å². The van der Waals surface area contributed by atoms with Gasteiger partial charge in [0.15, 0.2) is 0 Å². The van der Waals surface area contributed by atoms with Crippen molar-refractivity contribution in [3.05, 3.63) is 77.8 Å². The smallest absolute Gasteiger partial charge is 0.253 e. The third-order valence-electron chi connectivity index (χ3n) is 7.12. The Morgan fingerprint density at radius 1 is 1.09 bits per heavy atom. The SMILES string of the molecule is Cc1ccc(-c2ccc(C(=O)N3CCC4(CC3)CC4C(=O)NCCc3ccccn3)cc2)o1. The van der Waals surface area contributed by atoms with E-state index in [4.69, 9.17) is 4.42 Å². The molecule has 3 aromatic rings. The van der Waals surface area contributed by atoms with E-state index >= 15 is 0 Å². The van der Waals surface area contributed by atoms with E-state index in [9.17, 15) is 9.59 Å². The number of nitrogens with zero attached hydrogens (tertiary/aromatic N) is 2. The lowest BCUT2D eigenvalue weighted by Crippen LogP contribution is -2.40. The number of likely N-dealkylation sites (tertiary alicyclic amines) is 1. The summed E-state index contributed by atoms with van der Waals surface area (Å²) in [4.78, 5) is 31.8. The molecule has 1 saturated heterocycles. The van der Waals surface area contributed by atoms with E-state index in [0.717, 1.165) is 48.5 Å². The van der Waals surface area contributed by atoms with Gasteiger partial charge in [0.2, 0.25) is 5.91 Å². The zero-order valence-electron chi connectivity index (χ0n) is 18.9. The number of rotatable bonds is 6. The van der Waals surface area contributed by atoms with Gasteiger partial charge < -0.3 is 14.6 Å². The average Bonchev–Trinajstić information content (AvgIpc) is 3.37. The lowest BCUT2D eigenvalue weighted by Gasteiger charge is -2.33. The van der Waals surface area contributed by atoms with E-state index in [2.05, 4.69) is 10.3 Å². The summed E-state index contributed by atoms with van der Waals surface area (Å²) in [6, 6.07) is 17.3. The number of pyridine rings is 1. The quantitative estimate of drug-likeness (QED) is 0.618. The minimum Gasteiger partial charge on any atom is -0.461 e. The van der Waals surface area contributed by atoms with Crippen molar-refractivity contribution >= 4 is 11.8 Å². The first-order chi connectivity index (χ1) is 16.0. The molecule has 1 aliphatic carbocycles. The molecule has 5 rings (SSSR count). The number of furan rings is 1. The fourth-order valence-corrected chi connectivity index (χ4v) is 4.96.